The molecule has 3 fully saturated rings. The highest BCUT2D eigenvalue weighted by Crippen LogP contribution is 2.51. The minimum Gasteiger partial charge on any atom is -0.364 e. The van der Waals surface area contributed by atoms with Gasteiger partial charge in [0.1, 0.15) is 6.26 Å². The maximum absolute atomic E-state index is 13.9. The number of aromatic nitrogens is 4. The van der Waals surface area contributed by atoms with Crippen LogP contribution in [0, 0.1) is 24.7 Å². The molecule has 3 aliphatic rings. The van der Waals surface area contributed by atoms with Crippen LogP contribution in [0.15, 0.2) is 29.2 Å². The number of rotatable bonds is 9. The number of nitrogens with one attached hydrogen (secondary N) is 2. The molecule has 13 heteroatoms. The van der Waals surface area contributed by atoms with Gasteiger partial charge in [-0.1, -0.05) is 5.16 Å². The van der Waals surface area contributed by atoms with Gasteiger partial charge in [-0.05, 0) is 50.5 Å². The lowest BCUT2D eigenvalue weighted by Crippen LogP contribution is -2.37. The average molecular weight is 563 g/mol. The second kappa shape index (κ2) is 9.84. The number of aryl methyl sites for hydroxylation is 1. The Hall–Kier alpha value is -3.51. The maximum Gasteiger partial charge on any atom is 0.274 e. The van der Waals surface area contributed by atoms with Crippen LogP contribution in [0.1, 0.15) is 90.9 Å². The highest BCUT2D eigenvalue weighted by atomic mass is 19.3. The minimum absolute atomic E-state index is 0.113. The Labute approximate surface area is 227 Å². The summed E-state index contributed by atoms with van der Waals surface area (Å²) in [6.45, 7) is 1.68. The molecule has 3 atom stereocenters. The number of nitrogens with zero attached hydrogens (tertiary/aromatic N) is 4. The summed E-state index contributed by atoms with van der Waals surface area (Å²) < 4.78 is 61.0. The summed E-state index contributed by atoms with van der Waals surface area (Å²) in [4.78, 5) is 34.8. The van der Waals surface area contributed by atoms with Gasteiger partial charge >= 0.3 is 0 Å². The minimum atomic E-state index is -2.76. The Bertz CT molecular complexity index is 1420. The van der Waals surface area contributed by atoms with E-state index < -0.39 is 41.7 Å². The van der Waals surface area contributed by atoms with Crippen LogP contribution >= 0.6 is 0 Å². The molecular weight excluding hydrogens is 532 g/mol. The van der Waals surface area contributed by atoms with E-state index in [9.17, 15) is 27.2 Å². The van der Waals surface area contributed by atoms with Crippen LogP contribution in [0.3, 0.4) is 0 Å². The second-order valence-electron chi connectivity index (χ2n) is 11.5. The molecule has 0 aromatic carbocycles. The van der Waals surface area contributed by atoms with Crippen LogP contribution in [-0.2, 0) is 4.79 Å². The smallest absolute Gasteiger partial charge is 0.274 e. The zero-order valence-electron chi connectivity index (χ0n) is 21.9. The van der Waals surface area contributed by atoms with E-state index in [1.54, 1.807) is 29.8 Å². The third-order valence-electron chi connectivity index (χ3n) is 8.28. The van der Waals surface area contributed by atoms with Gasteiger partial charge in [-0.25, -0.2) is 27.5 Å². The van der Waals surface area contributed by atoms with Crippen molar-refractivity contribution in [2.75, 3.05) is 0 Å². The first kappa shape index (κ1) is 26.7. The highest BCUT2D eigenvalue weighted by molar-refractivity contribution is 5.93. The van der Waals surface area contributed by atoms with E-state index >= 15 is 0 Å². The lowest BCUT2D eigenvalue weighted by Gasteiger charge is -2.33. The Morgan fingerprint density at radius 1 is 1.05 bits per heavy atom. The molecule has 9 nitrogen and oxygen atoms in total. The van der Waals surface area contributed by atoms with Gasteiger partial charge < -0.3 is 15.2 Å². The van der Waals surface area contributed by atoms with Crippen molar-refractivity contribution < 1.29 is 31.7 Å². The molecule has 3 aromatic rings. The number of imidazole rings is 1. The predicted octanol–water partition coefficient (Wildman–Crippen LogP) is 4.93. The van der Waals surface area contributed by atoms with Crippen molar-refractivity contribution in [3.63, 3.8) is 0 Å². The average Bonchev–Trinajstić information content (AvgIpc) is 3.72. The van der Waals surface area contributed by atoms with Gasteiger partial charge in [0.2, 0.25) is 17.6 Å². The van der Waals surface area contributed by atoms with Gasteiger partial charge in [-0.15, -0.1) is 0 Å². The maximum atomic E-state index is 13.9. The molecule has 6 rings (SSSR count). The van der Waals surface area contributed by atoms with Crippen molar-refractivity contribution in [2.45, 2.75) is 82.2 Å². The first-order chi connectivity index (χ1) is 19.0. The number of fused-ring (bicyclic) bond motifs is 1. The van der Waals surface area contributed by atoms with Crippen LogP contribution < -0.4 is 10.6 Å². The molecule has 3 saturated carbocycles. The number of amides is 2. The van der Waals surface area contributed by atoms with Crippen molar-refractivity contribution >= 4 is 17.6 Å². The van der Waals surface area contributed by atoms with E-state index in [0.717, 1.165) is 12.8 Å². The molecule has 40 heavy (non-hydrogen) atoms. The number of alkyl halides is 4. The summed E-state index contributed by atoms with van der Waals surface area (Å²) in [6.07, 6.45) is 5.94. The Balaban J connectivity index is 1.25. The third-order valence-corrected chi connectivity index (χ3v) is 8.28. The van der Waals surface area contributed by atoms with E-state index in [1.165, 1.54) is 6.26 Å². The number of hydrogen-bond acceptors (Lipinski definition) is 6. The molecule has 2 unspecified atom stereocenters. The quantitative estimate of drug-likeness (QED) is 0.358. The predicted molar refractivity (Wildman–Crippen MR) is 133 cm³/mol. The molecule has 0 radical (unpaired) electrons. The molecule has 2 amide bonds. The van der Waals surface area contributed by atoms with E-state index in [4.69, 9.17) is 4.52 Å². The van der Waals surface area contributed by atoms with Crippen LogP contribution in [0.4, 0.5) is 17.6 Å². The first-order valence-electron chi connectivity index (χ1n) is 13.6. The van der Waals surface area contributed by atoms with Crippen LogP contribution in [0.2, 0.25) is 0 Å². The molecule has 3 heterocycles. The lowest BCUT2D eigenvalue weighted by atomic mass is 9.81. The van der Waals surface area contributed by atoms with Crippen LogP contribution in [0.25, 0.3) is 5.78 Å². The van der Waals surface area contributed by atoms with E-state index in [0.29, 0.717) is 22.7 Å². The van der Waals surface area contributed by atoms with Crippen molar-refractivity contribution in [3.8, 4) is 0 Å². The summed E-state index contributed by atoms with van der Waals surface area (Å²) in [5.41, 5.74) is 1.70. The summed E-state index contributed by atoms with van der Waals surface area (Å²) in [5, 5.41) is 9.58. The molecule has 3 aromatic heterocycles. The molecule has 0 aliphatic heterocycles. The number of carbonyl (C=O) groups is 2. The summed E-state index contributed by atoms with van der Waals surface area (Å²) in [7, 11) is 0. The number of hydrogen-bond donors (Lipinski definition) is 2. The van der Waals surface area contributed by atoms with Gasteiger partial charge in [-0.3, -0.25) is 14.0 Å². The third kappa shape index (κ3) is 5.55. The fraction of sp³-hybridized carbons (Fsp3) is 0.593. The fourth-order valence-electron chi connectivity index (χ4n) is 5.58. The number of halogens is 4. The lowest BCUT2D eigenvalue weighted by molar-refractivity contribution is -0.123. The van der Waals surface area contributed by atoms with Crippen molar-refractivity contribution in [1.29, 1.82) is 0 Å². The monoisotopic (exact) mass is 562 g/mol. The molecule has 2 N–H and O–H groups in total. The molecule has 3 aliphatic carbocycles. The van der Waals surface area contributed by atoms with Crippen molar-refractivity contribution in [3.05, 3.63) is 47.4 Å². The first-order valence-corrected chi connectivity index (χ1v) is 13.6. The highest BCUT2D eigenvalue weighted by Gasteiger charge is 2.57. The zero-order valence-corrected chi connectivity index (χ0v) is 21.9. The fourth-order valence-corrected chi connectivity index (χ4v) is 5.58. The van der Waals surface area contributed by atoms with Gasteiger partial charge in [0, 0.05) is 49.6 Å². The van der Waals surface area contributed by atoms with Gasteiger partial charge in [-0.2, -0.15) is 0 Å². The summed E-state index contributed by atoms with van der Waals surface area (Å²) in [6, 6.07) is 0.668. The zero-order chi connectivity index (χ0) is 28.2. The molecule has 0 spiro atoms. The second-order valence-corrected chi connectivity index (χ2v) is 11.5. The van der Waals surface area contributed by atoms with Gasteiger partial charge in [0.05, 0.1) is 23.5 Å². The molecule has 0 saturated heterocycles. The van der Waals surface area contributed by atoms with Gasteiger partial charge in [0.25, 0.3) is 11.8 Å². The molecule has 214 valence electrons. The van der Waals surface area contributed by atoms with Gasteiger partial charge in [0.15, 0.2) is 5.69 Å². The van der Waals surface area contributed by atoms with Crippen molar-refractivity contribution in [1.82, 2.24) is 30.2 Å². The summed E-state index contributed by atoms with van der Waals surface area (Å²) in [5.74, 6) is -7.12. The van der Waals surface area contributed by atoms with Crippen LogP contribution in [-0.4, -0.2) is 43.2 Å². The Kier molecular flexibility index (Phi) is 6.57. The number of carbonyl (C=O) groups excluding carboxylic acids is 2. The molecule has 0 bridgehead atoms. The van der Waals surface area contributed by atoms with E-state index in [1.807, 2.05) is 0 Å². The standard InChI is InChI=1S/C27H30F4N6O3/c1-14-13-40-36-21(14)24(39)35-23(16-4-7-26(28,29)8-5-16)19-12-37-9-6-18(32-25(37)33-19)22(15-2-3-15)34-20(38)10-17-11-27(17,30)31/h6,9,12-13,15-17,22-23H,2-5,7-8,10-11H2,1H3,(H,34,38)(H,35,39)/t17-,22?,23?/m0/s1. The summed E-state index contributed by atoms with van der Waals surface area (Å²) >= 11 is 0. The Morgan fingerprint density at radius 2 is 1.70 bits per heavy atom. The SMILES string of the molecule is Cc1conc1C(=O)NC(c1cn2ccc(C(NC(=O)C[C@H]3CC3(F)F)C3CC3)nc2n1)C1CCC(F)(F)CC1. The van der Waals surface area contributed by atoms with E-state index in [2.05, 4.69) is 25.8 Å². The topological polar surface area (TPSA) is 114 Å². The van der Waals surface area contributed by atoms with Crippen LogP contribution in [0.5, 0.6) is 0 Å². The normalized spacial score (nSPS) is 23.5. The van der Waals surface area contributed by atoms with E-state index in [-0.39, 0.29) is 56.1 Å². The Morgan fingerprint density at radius 3 is 2.33 bits per heavy atom. The van der Waals surface area contributed by atoms with Crippen molar-refractivity contribution in [2.24, 2.45) is 17.8 Å². The largest absolute Gasteiger partial charge is 0.364 e. The molecular formula is C27H30F4N6O3.